The number of hydrogen-bond acceptors (Lipinski definition) is 3. The smallest absolute Gasteiger partial charge is 0.163 e. The third-order valence-electron chi connectivity index (χ3n) is 2.49. The van der Waals surface area contributed by atoms with E-state index >= 15 is 0 Å². The maximum atomic E-state index is 5.86. The van der Waals surface area contributed by atoms with Crippen molar-refractivity contribution in [1.82, 2.24) is 0 Å². The molecule has 1 aliphatic heterocycles. The summed E-state index contributed by atoms with van der Waals surface area (Å²) in [5, 5.41) is 0.958. The van der Waals surface area contributed by atoms with Crippen LogP contribution in [-0.2, 0) is 4.74 Å². The normalized spacial score (nSPS) is 32.4. The molecule has 78 valence electrons. The van der Waals surface area contributed by atoms with Gasteiger partial charge in [0.25, 0.3) is 0 Å². The molecular formula is C11H16O2S. The predicted octanol–water partition coefficient (Wildman–Crippen LogP) is 3.60. The van der Waals surface area contributed by atoms with Gasteiger partial charge in [0.2, 0.25) is 0 Å². The van der Waals surface area contributed by atoms with Crippen molar-refractivity contribution in [3.8, 4) is 0 Å². The van der Waals surface area contributed by atoms with Gasteiger partial charge in [0.05, 0.1) is 6.10 Å². The Balaban J connectivity index is 2.03. The molecule has 1 saturated heterocycles. The van der Waals surface area contributed by atoms with Crippen LogP contribution in [0.2, 0.25) is 0 Å². The second-order valence-electron chi connectivity index (χ2n) is 4.07. The van der Waals surface area contributed by atoms with Crippen LogP contribution in [0.15, 0.2) is 21.6 Å². The summed E-state index contributed by atoms with van der Waals surface area (Å²) in [4.78, 5) is -0.0935. The molecular weight excluding hydrogens is 196 g/mol. The summed E-state index contributed by atoms with van der Waals surface area (Å²) in [6.07, 6.45) is 2.62. The van der Waals surface area contributed by atoms with Crippen molar-refractivity contribution in [3.63, 3.8) is 0 Å². The van der Waals surface area contributed by atoms with Crippen LogP contribution in [0.3, 0.4) is 0 Å². The molecule has 1 fully saturated rings. The maximum absolute atomic E-state index is 5.86. The summed E-state index contributed by atoms with van der Waals surface area (Å²) in [6.45, 7) is 6.22. The first-order valence-corrected chi connectivity index (χ1v) is 5.82. The highest BCUT2D eigenvalue weighted by Gasteiger charge is 2.35. The summed E-state index contributed by atoms with van der Waals surface area (Å²) in [6, 6.07) is 4.00. The molecule has 0 N–H and O–H groups in total. The predicted molar refractivity (Wildman–Crippen MR) is 57.5 cm³/mol. The van der Waals surface area contributed by atoms with Crippen molar-refractivity contribution in [1.29, 1.82) is 0 Å². The van der Waals surface area contributed by atoms with Crippen molar-refractivity contribution in [3.05, 3.63) is 17.9 Å². The third kappa shape index (κ3) is 2.15. The summed E-state index contributed by atoms with van der Waals surface area (Å²) in [5.74, 6) is 0.960. The SMILES string of the molecule is Cc1ccc(SC2(C)CCC(C)O2)o1. The zero-order chi connectivity index (χ0) is 10.2. The van der Waals surface area contributed by atoms with E-state index in [1.807, 2.05) is 19.1 Å². The molecule has 0 radical (unpaired) electrons. The molecule has 0 aromatic carbocycles. The van der Waals surface area contributed by atoms with Crippen molar-refractivity contribution >= 4 is 11.8 Å². The van der Waals surface area contributed by atoms with Crippen LogP contribution in [0.4, 0.5) is 0 Å². The lowest BCUT2D eigenvalue weighted by Crippen LogP contribution is -2.18. The van der Waals surface area contributed by atoms with E-state index in [9.17, 15) is 0 Å². The van der Waals surface area contributed by atoms with E-state index in [0.717, 1.165) is 23.7 Å². The van der Waals surface area contributed by atoms with Crippen LogP contribution in [0.25, 0.3) is 0 Å². The van der Waals surface area contributed by atoms with Gasteiger partial charge in [0.1, 0.15) is 10.7 Å². The zero-order valence-electron chi connectivity index (χ0n) is 8.87. The zero-order valence-corrected chi connectivity index (χ0v) is 9.69. The van der Waals surface area contributed by atoms with Crippen molar-refractivity contribution in [2.45, 2.75) is 49.7 Å². The van der Waals surface area contributed by atoms with Crippen LogP contribution in [0.1, 0.15) is 32.4 Å². The molecule has 0 aliphatic carbocycles. The van der Waals surface area contributed by atoms with Crippen molar-refractivity contribution < 1.29 is 9.15 Å². The Labute approximate surface area is 89.0 Å². The Morgan fingerprint density at radius 1 is 1.50 bits per heavy atom. The maximum Gasteiger partial charge on any atom is 0.163 e. The highest BCUT2D eigenvalue weighted by Crippen LogP contribution is 2.43. The van der Waals surface area contributed by atoms with Crippen molar-refractivity contribution in [2.75, 3.05) is 0 Å². The summed E-state index contributed by atoms with van der Waals surface area (Å²) < 4.78 is 11.4. The van der Waals surface area contributed by atoms with Gasteiger partial charge in [-0.3, -0.25) is 0 Å². The van der Waals surface area contributed by atoms with E-state index in [-0.39, 0.29) is 4.93 Å². The largest absolute Gasteiger partial charge is 0.455 e. The summed E-state index contributed by atoms with van der Waals surface area (Å²) in [7, 11) is 0. The van der Waals surface area contributed by atoms with Gasteiger partial charge in [-0.15, -0.1) is 0 Å². The van der Waals surface area contributed by atoms with E-state index in [1.54, 1.807) is 11.8 Å². The number of aryl methyl sites for hydroxylation is 1. The van der Waals surface area contributed by atoms with Gasteiger partial charge in [0, 0.05) is 0 Å². The minimum absolute atomic E-state index is 0.0935. The van der Waals surface area contributed by atoms with Gasteiger partial charge >= 0.3 is 0 Å². The fourth-order valence-corrected chi connectivity index (χ4v) is 2.93. The van der Waals surface area contributed by atoms with E-state index in [4.69, 9.17) is 9.15 Å². The minimum atomic E-state index is -0.0935. The lowest BCUT2D eigenvalue weighted by atomic mass is 10.2. The summed E-state index contributed by atoms with van der Waals surface area (Å²) >= 11 is 1.69. The fourth-order valence-electron chi connectivity index (χ4n) is 1.76. The molecule has 3 heteroatoms. The lowest BCUT2D eigenvalue weighted by Gasteiger charge is -2.21. The molecule has 0 spiro atoms. The molecule has 2 nitrogen and oxygen atoms in total. The van der Waals surface area contributed by atoms with E-state index in [0.29, 0.717) is 6.10 Å². The Morgan fingerprint density at radius 2 is 2.29 bits per heavy atom. The second kappa shape index (κ2) is 3.63. The molecule has 14 heavy (non-hydrogen) atoms. The Morgan fingerprint density at radius 3 is 2.79 bits per heavy atom. The first kappa shape index (κ1) is 10.1. The Bertz CT molecular complexity index is 321. The molecule has 1 aliphatic rings. The second-order valence-corrected chi connectivity index (χ2v) is 5.54. The fraction of sp³-hybridized carbons (Fsp3) is 0.636. The quantitative estimate of drug-likeness (QED) is 0.748. The van der Waals surface area contributed by atoms with Gasteiger partial charge in [-0.25, -0.2) is 0 Å². The molecule has 2 heterocycles. The van der Waals surface area contributed by atoms with Gasteiger partial charge in [-0.2, -0.15) is 0 Å². The van der Waals surface area contributed by atoms with Crippen LogP contribution in [0, 0.1) is 6.92 Å². The van der Waals surface area contributed by atoms with Crippen LogP contribution >= 0.6 is 11.8 Å². The number of thioether (sulfide) groups is 1. The monoisotopic (exact) mass is 212 g/mol. The van der Waals surface area contributed by atoms with Crippen LogP contribution in [-0.4, -0.2) is 11.0 Å². The molecule has 0 bridgehead atoms. The molecule has 0 saturated carbocycles. The van der Waals surface area contributed by atoms with E-state index in [1.165, 1.54) is 0 Å². The standard InChI is InChI=1S/C11H16O2S/c1-8-4-5-10(12-8)14-11(3)7-6-9(2)13-11/h4-5,9H,6-7H2,1-3H3. The number of furan rings is 1. The van der Waals surface area contributed by atoms with Gasteiger partial charge in [-0.1, -0.05) is 11.8 Å². The first-order valence-electron chi connectivity index (χ1n) is 5.01. The molecule has 1 aromatic rings. The van der Waals surface area contributed by atoms with Crippen LogP contribution in [0.5, 0.6) is 0 Å². The molecule has 0 amide bonds. The number of rotatable bonds is 2. The molecule has 2 unspecified atom stereocenters. The highest BCUT2D eigenvalue weighted by molar-refractivity contribution is 8.00. The van der Waals surface area contributed by atoms with Gasteiger partial charge in [0.15, 0.2) is 5.09 Å². The average Bonchev–Trinajstić information content (AvgIpc) is 2.60. The van der Waals surface area contributed by atoms with Gasteiger partial charge < -0.3 is 9.15 Å². The highest BCUT2D eigenvalue weighted by atomic mass is 32.2. The Kier molecular flexibility index (Phi) is 2.62. The average molecular weight is 212 g/mol. The van der Waals surface area contributed by atoms with Crippen molar-refractivity contribution in [2.24, 2.45) is 0 Å². The number of ether oxygens (including phenoxy) is 1. The third-order valence-corrected chi connectivity index (χ3v) is 3.64. The Hall–Kier alpha value is -0.410. The number of hydrogen-bond donors (Lipinski definition) is 0. The first-order chi connectivity index (χ1) is 6.57. The van der Waals surface area contributed by atoms with E-state index < -0.39 is 0 Å². The topological polar surface area (TPSA) is 22.4 Å². The minimum Gasteiger partial charge on any atom is -0.455 e. The van der Waals surface area contributed by atoms with Gasteiger partial charge in [-0.05, 0) is 45.7 Å². The lowest BCUT2D eigenvalue weighted by molar-refractivity contribution is 0.0433. The van der Waals surface area contributed by atoms with E-state index in [2.05, 4.69) is 13.8 Å². The molecule has 1 aromatic heterocycles. The molecule has 2 rings (SSSR count). The molecule has 2 atom stereocenters. The summed E-state index contributed by atoms with van der Waals surface area (Å²) in [5.41, 5.74) is 0. The van der Waals surface area contributed by atoms with Crippen LogP contribution < -0.4 is 0 Å².